The predicted octanol–water partition coefficient (Wildman–Crippen LogP) is 0.0883. The Morgan fingerprint density at radius 3 is 3.00 bits per heavy atom. The molecule has 88 valence electrons. The molecule has 1 heterocycles. The third-order valence-electron chi connectivity index (χ3n) is 2.24. The fourth-order valence-corrected chi connectivity index (χ4v) is 1.43. The number of benzene rings is 1. The quantitative estimate of drug-likeness (QED) is 0.592. The molecule has 0 aliphatic carbocycles. The molecule has 0 fully saturated rings. The van der Waals surface area contributed by atoms with E-state index in [1.807, 2.05) is 0 Å². The van der Waals surface area contributed by atoms with E-state index in [0.717, 1.165) is 5.56 Å². The van der Waals surface area contributed by atoms with Crippen molar-refractivity contribution in [3.8, 4) is 0 Å². The molecule has 0 spiro atoms. The van der Waals surface area contributed by atoms with Gasteiger partial charge >= 0.3 is 0 Å². The Hall–Kier alpha value is -2.35. The first-order chi connectivity index (χ1) is 8.20. The van der Waals surface area contributed by atoms with Crippen molar-refractivity contribution in [2.45, 2.75) is 13.1 Å². The molecule has 8 nitrogen and oxygen atoms in total. The van der Waals surface area contributed by atoms with Crippen LogP contribution in [0.1, 0.15) is 11.4 Å². The normalized spacial score (nSPS) is 10.4. The molecule has 0 aliphatic rings. The Bertz CT molecular complexity index is 538. The minimum Gasteiger partial charge on any atom is -0.324 e. The zero-order valence-corrected chi connectivity index (χ0v) is 8.85. The van der Waals surface area contributed by atoms with E-state index in [-0.39, 0.29) is 12.2 Å². The van der Waals surface area contributed by atoms with E-state index in [0.29, 0.717) is 12.4 Å². The minimum absolute atomic E-state index is 0.0462. The third-order valence-corrected chi connectivity index (χ3v) is 2.24. The fraction of sp³-hybridized carbons (Fsp3) is 0.222. The summed E-state index contributed by atoms with van der Waals surface area (Å²) in [4.78, 5) is 10.2. The first-order valence-electron chi connectivity index (χ1n) is 4.89. The van der Waals surface area contributed by atoms with Crippen LogP contribution in [0.25, 0.3) is 0 Å². The van der Waals surface area contributed by atoms with Gasteiger partial charge in [-0.1, -0.05) is 12.1 Å². The Balaban J connectivity index is 2.24. The summed E-state index contributed by atoms with van der Waals surface area (Å²) in [5, 5.41) is 21.6. The number of nitrogens with two attached hydrogens (primary N) is 1. The van der Waals surface area contributed by atoms with Gasteiger partial charge in [0.1, 0.15) is 0 Å². The monoisotopic (exact) mass is 234 g/mol. The maximum absolute atomic E-state index is 10.6. The summed E-state index contributed by atoms with van der Waals surface area (Å²) < 4.78 is 1.51. The Labute approximate surface area is 96.2 Å². The topological polar surface area (TPSA) is 113 Å². The second-order valence-corrected chi connectivity index (χ2v) is 3.38. The number of nitro benzene ring substituents is 1. The minimum atomic E-state index is -0.438. The summed E-state index contributed by atoms with van der Waals surface area (Å²) in [6.07, 6.45) is 0. The maximum atomic E-state index is 10.6. The molecule has 17 heavy (non-hydrogen) atoms. The van der Waals surface area contributed by atoms with E-state index in [9.17, 15) is 10.1 Å². The Morgan fingerprint density at radius 1 is 1.47 bits per heavy atom. The van der Waals surface area contributed by atoms with Gasteiger partial charge in [0.25, 0.3) is 5.69 Å². The van der Waals surface area contributed by atoms with Gasteiger partial charge < -0.3 is 5.73 Å². The van der Waals surface area contributed by atoms with Crippen LogP contribution >= 0.6 is 0 Å². The second kappa shape index (κ2) is 4.66. The van der Waals surface area contributed by atoms with Crippen molar-refractivity contribution >= 4 is 5.69 Å². The van der Waals surface area contributed by atoms with E-state index in [4.69, 9.17) is 5.73 Å². The lowest BCUT2D eigenvalue weighted by molar-refractivity contribution is -0.384. The van der Waals surface area contributed by atoms with E-state index in [1.54, 1.807) is 12.1 Å². The van der Waals surface area contributed by atoms with Crippen molar-refractivity contribution < 1.29 is 4.92 Å². The zero-order valence-electron chi connectivity index (χ0n) is 8.85. The average Bonchev–Trinajstić information content (AvgIpc) is 2.76. The summed E-state index contributed by atoms with van der Waals surface area (Å²) in [5.41, 5.74) is 6.25. The first kappa shape index (κ1) is 11.1. The number of nitrogens with zero attached hydrogens (tertiary/aromatic N) is 5. The van der Waals surface area contributed by atoms with Crippen LogP contribution < -0.4 is 5.73 Å². The van der Waals surface area contributed by atoms with Crippen LogP contribution in [0.15, 0.2) is 24.3 Å². The van der Waals surface area contributed by atoms with Crippen LogP contribution in [0.3, 0.4) is 0 Å². The van der Waals surface area contributed by atoms with Gasteiger partial charge in [-0.25, -0.2) is 4.68 Å². The summed E-state index contributed by atoms with van der Waals surface area (Å²) in [6, 6.07) is 6.32. The number of hydrogen-bond donors (Lipinski definition) is 1. The van der Waals surface area contributed by atoms with E-state index in [1.165, 1.54) is 16.8 Å². The molecule has 0 saturated carbocycles. The standard InChI is InChI=1S/C9H10N6O2/c10-5-9-11-12-13-14(9)6-7-2-1-3-8(4-7)15(16)17/h1-4H,5-6,10H2. The number of nitro groups is 1. The molecule has 0 radical (unpaired) electrons. The van der Waals surface area contributed by atoms with Gasteiger partial charge in [0.2, 0.25) is 0 Å². The van der Waals surface area contributed by atoms with E-state index in [2.05, 4.69) is 15.5 Å². The molecular weight excluding hydrogens is 224 g/mol. The van der Waals surface area contributed by atoms with Gasteiger partial charge in [-0.2, -0.15) is 0 Å². The lowest BCUT2D eigenvalue weighted by atomic mass is 10.2. The summed E-state index contributed by atoms with van der Waals surface area (Å²) in [7, 11) is 0. The van der Waals surface area contributed by atoms with E-state index < -0.39 is 4.92 Å². The van der Waals surface area contributed by atoms with Crippen LogP contribution in [0.4, 0.5) is 5.69 Å². The predicted molar refractivity (Wildman–Crippen MR) is 57.9 cm³/mol. The number of rotatable bonds is 4. The number of aromatic nitrogens is 4. The van der Waals surface area contributed by atoms with E-state index >= 15 is 0 Å². The van der Waals surface area contributed by atoms with Gasteiger partial charge in [-0.15, -0.1) is 5.10 Å². The molecule has 0 bridgehead atoms. The second-order valence-electron chi connectivity index (χ2n) is 3.38. The number of tetrazole rings is 1. The Kier molecular flexibility index (Phi) is 3.06. The average molecular weight is 234 g/mol. The summed E-state index contributed by atoms with van der Waals surface area (Å²) in [5.74, 6) is 0.538. The number of non-ortho nitro benzene ring substituents is 1. The van der Waals surface area contributed by atoms with Gasteiger partial charge in [-0.05, 0) is 16.0 Å². The van der Waals surface area contributed by atoms with Crippen molar-refractivity contribution in [2.24, 2.45) is 5.73 Å². The van der Waals surface area contributed by atoms with Gasteiger partial charge in [0, 0.05) is 12.1 Å². The molecule has 2 N–H and O–H groups in total. The first-order valence-corrected chi connectivity index (χ1v) is 4.89. The lowest BCUT2D eigenvalue weighted by Crippen LogP contribution is -2.10. The van der Waals surface area contributed by atoms with Crippen molar-refractivity contribution in [1.82, 2.24) is 20.2 Å². The number of hydrogen-bond acceptors (Lipinski definition) is 6. The summed E-state index contributed by atoms with van der Waals surface area (Å²) in [6.45, 7) is 0.586. The highest BCUT2D eigenvalue weighted by Gasteiger charge is 2.08. The van der Waals surface area contributed by atoms with Crippen LogP contribution in [-0.2, 0) is 13.1 Å². The third kappa shape index (κ3) is 2.42. The molecule has 2 rings (SSSR count). The van der Waals surface area contributed by atoms with Gasteiger partial charge in [0.05, 0.1) is 18.0 Å². The van der Waals surface area contributed by atoms with Crippen molar-refractivity contribution in [1.29, 1.82) is 0 Å². The van der Waals surface area contributed by atoms with Gasteiger partial charge in [-0.3, -0.25) is 10.1 Å². The van der Waals surface area contributed by atoms with Gasteiger partial charge in [0.15, 0.2) is 5.82 Å². The molecule has 0 saturated heterocycles. The van der Waals surface area contributed by atoms with Crippen LogP contribution in [0.5, 0.6) is 0 Å². The maximum Gasteiger partial charge on any atom is 0.269 e. The fourth-order valence-electron chi connectivity index (χ4n) is 1.43. The molecule has 0 atom stereocenters. The molecule has 1 aromatic heterocycles. The lowest BCUT2D eigenvalue weighted by Gasteiger charge is -2.02. The largest absolute Gasteiger partial charge is 0.324 e. The molecular formula is C9H10N6O2. The summed E-state index contributed by atoms with van der Waals surface area (Å²) >= 11 is 0. The van der Waals surface area contributed by atoms with Crippen molar-refractivity contribution in [3.63, 3.8) is 0 Å². The smallest absolute Gasteiger partial charge is 0.269 e. The zero-order chi connectivity index (χ0) is 12.3. The highest BCUT2D eigenvalue weighted by Crippen LogP contribution is 2.13. The molecule has 0 aliphatic heterocycles. The molecule has 2 aromatic rings. The highest BCUT2D eigenvalue weighted by atomic mass is 16.6. The Morgan fingerprint density at radius 2 is 2.29 bits per heavy atom. The van der Waals surface area contributed by atoms with Crippen LogP contribution in [-0.4, -0.2) is 25.1 Å². The molecule has 0 amide bonds. The van der Waals surface area contributed by atoms with Crippen LogP contribution in [0.2, 0.25) is 0 Å². The molecule has 1 aromatic carbocycles. The molecule has 0 unspecified atom stereocenters. The van der Waals surface area contributed by atoms with Crippen molar-refractivity contribution in [2.75, 3.05) is 0 Å². The molecule has 8 heteroatoms. The SMILES string of the molecule is NCc1nnnn1Cc1cccc([N+](=O)[O-])c1. The van der Waals surface area contributed by atoms with Crippen molar-refractivity contribution in [3.05, 3.63) is 45.8 Å². The highest BCUT2D eigenvalue weighted by molar-refractivity contribution is 5.34. The van der Waals surface area contributed by atoms with Crippen LogP contribution in [0, 0.1) is 10.1 Å².